The molecule has 3 nitrogen and oxygen atoms in total. The van der Waals surface area contributed by atoms with Gasteiger partial charge >= 0.3 is 0 Å². The van der Waals surface area contributed by atoms with Crippen molar-refractivity contribution in [3.8, 4) is 0 Å². The van der Waals surface area contributed by atoms with Gasteiger partial charge in [0.25, 0.3) is 0 Å². The van der Waals surface area contributed by atoms with Gasteiger partial charge < -0.3 is 0 Å². The second-order valence-corrected chi connectivity index (χ2v) is 5.04. The molecule has 3 heteroatoms. The quantitative estimate of drug-likeness (QED) is 0.633. The van der Waals surface area contributed by atoms with Crippen molar-refractivity contribution in [2.45, 2.75) is 13.8 Å². The Balaban J connectivity index is 2.45. The van der Waals surface area contributed by atoms with Crippen LogP contribution in [-0.4, -0.2) is 11.8 Å². The van der Waals surface area contributed by atoms with Gasteiger partial charge in [0.2, 0.25) is 11.8 Å². The lowest BCUT2D eigenvalue weighted by molar-refractivity contribution is -0.124. The Kier molecular flexibility index (Phi) is 3.18. The number of carbonyl (C=O) groups is 2. The molecule has 0 saturated carbocycles. The maximum absolute atomic E-state index is 11.9. The van der Waals surface area contributed by atoms with E-state index in [4.69, 9.17) is 0 Å². The fourth-order valence-corrected chi connectivity index (χ4v) is 2.78. The van der Waals surface area contributed by atoms with E-state index in [1.807, 2.05) is 54.6 Å². The van der Waals surface area contributed by atoms with Gasteiger partial charge in [-0.25, -0.2) is 0 Å². The van der Waals surface area contributed by atoms with Gasteiger partial charge in [-0.1, -0.05) is 48.5 Å². The van der Waals surface area contributed by atoms with E-state index in [1.165, 1.54) is 18.7 Å². The van der Waals surface area contributed by atoms with Crippen LogP contribution in [0.3, 0.4) is 0 Å². The molecule has 3 aromatic carbocycles. The van der Waals surface area contributed by atoms with Crippen LogP contribution in [0.4, 0.5) is 5.69 Å². The highest BCUT2D eigenvalue weighted by atomic mass is 16.2. The zero-order chi connectivity index (χ0) is 15.0. The SMILES string of the molecule is CC(=O)N(C(C)=O)c1cc2ccccc2c2ccccc12. The van der Waals surface area contributed by atoms with E-state index in [2.05, 4.69) is 0 Å². The molecular weight excluding hydrogens is 262 g/mol. The molecule has 0 heterocycles. The van der Waals surface area contributed by atoms with Gasteiger partial charge in [0, 0.05) is 19.2 Å². The lowest BCUT2D eigenvalue weighted by Gasteiger charge is -2.20. The number of nitrogens with zero attached hydrogens (tertiary/aromatic N) is 1. The highest BCUT2D eigenvalue weighted by Gasteiger charge is 2.19. The Morgan fingerprint density at radius 2 is 1.29 bits per heavy atom. The van der Waals surface area contributed by atoms with E-state index >= 15 is 0 Å². The summed E-state index contributed by atoms with van der Waals surface area (Å²) in [6, 6.07) is 17.7. The number of carbonyl (C=O) groups excluding carboxylic acids is 2. The predicted octanol–water partition coefficient (Wildman–Crippen LogP) is 3.89. The van der Waals surface area contributed by atoms with Crippen molar-refractivity contribution in [1.29, 1.82) is 0 Å². The van der Waals surface area contributed by atoms with Crippen molar-refractivity contribution in [1.82, 2.24) is 0 Å². The molecule has 21 heavy (non-hydrogen) atoms. The summed E-state index contributed by atoms with van der Waals surface area (Å²) in [5, 5.41) is 4.07. The standard InChI is InChI=1S/C18H15NO2/c1-12(20)19(13(2)21)18-11-14-7-3-4-8-15(14)16-9-5-6-10-17(16)18/h3-11H,1-2H3. The Labute approximate surface area is 122 Å². The molecule has 2 amide bonds. The minimum Gasteiger partial charge on any atom is -0.274 e. The third kappa shape index (κ3) is 2.17. The van der Waals surface area contributed by atoms with E-state index in [0.717, 1.165) is 21.5 Å². The molecule has 0 bridgehead atoms. The lowest BCUT2D eigenvalue weighted by atomic mass is 9.99. The van der Waals surface area contributed by atoms with E-state index in [9.17, 15) is 9.59 Å². The largest absolute Gasteiger partial charge is 0.274 e. The Morgan fingerprint density at radius 1 is 0.762 bits per heavy atom. The molecule has 0 radical (unpaired) electrons. The highest BCUT2D eigenvalue weighted by Crippen LogP contribution is 2.34. The van der Waals surface area contributed by atoms with Crippen LogP contribution in [-0.2, 0) is 9.59 Å². The van der Waals surface area contributed by atoms with Crippen molar-refractivity contribution >= 4 is 39.0 Å². The summed E-state index contributed by atoms with van der Waals surface area (Å²) in [5.41, 5.74) is 0.643. The van der Waals surface area contributed by atoms with Gasteiger partial charge in [-0.3, -0.25) is 14.5 Å². The summed E-state index contributed by atoms with van der Waals surface area (Å²) in [5.74, 6) is -0.550. The molecule has 0 fully saturated rings. The van der Waals surface area contributed by atoms with Crippen molar-refractivity contribution in [2.75, 3.05) is 4.90 Å². The summed E-state index contributed by atoms with van der Waals surface area (Å²) in [7, 11) is 0. The second kappa shape index (κ2) is 5.02. The molecule has 104 valence electrons. The van der Waals surface area contributed by atoms with Gasteiger partial charge in [-0.2, -0.15) is 0 Å². The van der Waals surface area contributed by atoms with Gasteiger partial charge in [0.05, 0.1) is 5.69 Å². The van der Waals surface area contributed by atoms with Gasteiger partial charge in [-0.15, -0.1) is 0 Å². The van der Waals surface area contributed by atoms with Crippen LogP contribution < -0.4 is 4.90 Å². The first kappa shape index (κ1) is 13.3. The predicted molar refractivity (Wildman–Crippen MR) is 85.3 cm³/mol. The zero-order valence-corrected chi connectivity index (χ0v) is 12.0. The number of hydrogen-bond acceptors (Lipinski definition) is 2. The summed E-state index contributed by atoms with van der Waals surface area (Å²) < 4.78 is 0. The second-order valence-electron chi connectivity index (χ2n) is 5.04. The zero-order valence-electron chi connectivity index (χ0n) is 12.0. The topological polar surface area (TPSA) is 37.4 Å². The van der Waals surface area contributed by atoms with E-state index in [0.29, 0.717) is 5.69 Å². The van der Waals surface area contributed by atoms with Gasteiger partial charge in [-0.05, 0) is 22.2 Å². The van der Waals surface area contributed by atoms with Crippen LogP contribution >= 0.6 is 0 Å². The van der Waals surface area contributed by atoms with Crippen LogP contribution in [0.5, 0.6) is 0 Å². The Hall–Kier alpha value is -2.68. The first-order chi connectivity index (χ1) is 10.1. The van der Waals surface area contributed by atoms with Crippen molar-refractivity contribution in [3.05, 3.63) is 54.6 Å². The maximum atomic E-state index is 11.9. The maximum Gasteiger partial charge on any atom is 0.230 e. The van der Waals surface area contributed by atoms with Gasteiger partial charge in [0.15, 0.2) is 0 Å². The molecule has 0 saturated heterocycles. The lowest BCUT2D eigenvalue weighted by Crippen LogP contribution is -2.33. The molecule has 0 atom stereocenters. The molecular formula is C18H15NO2. The number of anilines is 1. The molecule has 0 aromatic heterocycles. The van der Waals surface area contributed by atoms with E-state index in [1.54, 1.807) is 0 Å². The van der Waals surface area contributed by atoms with Crippen LogP contribution in [0, 0.1) is 0 Å². The molecule has 0 N–H and O–H groups in total. The van der Waals surface area contributed by atoms with Crippen molar-refractivity contribution in [2.24, 2.45) is 0 Å². The molecule has 0 aliphatic rings. The fourth-order valence-electron chi connectivity index (χ4n) is 2.78. The monoisotopic (exact) mass is 277 g/mol. The molecule has 0 spiro atoms. The fraction of sp³-hybridized carbons (Fsp3) is 0.111. The van der Waals surface area contributed by atoms with Crippen LogP contribution in [0.15, 0.2) is 54.6 Å². The smallest absolute Gasteiger partial charge is 0.230 e. The highest BCUT2D eigenvalue weighted by molar-refractivity contribution is 6.22. The number of hydrogen-bond donors (Lipinski definition) is 0. The number of imide groups is 1. The molecule has 3 rings (SSSR count). The normalized spacial score (nSPS) is 10.8. The molecule has 0 unspecified atom stereocenters. The average Bonchev–Trinajstić information content (AvgIpc) is 2.47. The first-order valence-electron chi connectivity index (χ1n) is 6.81. The summed E-state index contributed by atoms with van der Waals surface area (Å²) in [6.07, 6.45) is 0. The molecule has 3 aromatic rings. The van der Waals surface area contributed by atoms with E-state index in [-0.39, 0.29) is 11.8 Å². The van der Waals surface area contributed by atoms with Crippen LogP contribution in [0.1, 0.15) is 13.8 Å². The summed E-state index contributed by atoms with van der Waals surface area (Å²) >= 11 is 0. The van der Waals surface area contributed by atoms with E-state index < -0.39 is 0 Å². The van der Waals surface area contributed by atoms with Crippen LogP contribution in [0.25, 0.3) is 21.5 Å². The van der Waals surface area contributed by atoms with Gasteiger partial charge in [0.1, 0.15) is 0 Å². The molecule has 0 aliphatic heterocycles. The molecule has 0 aliphatic carbocycles. The summed E-state index contributed by atoms with van der Waals surface area (Å²) in [4.78, 5) is 25.0. The third-order valence-electron chi connectivity index (χ3n) is 3.62. The minimum atomic E-state index is -0.275. The minimum absolute atomic E-state index is 0.275. The average molecular weight is 277 g/mol. The third-order valence-corrected chi connectivity index (χ3v) is 3.62. The number of rotatable bonds is 1. The van der Waals surface area contributed by atoms with Crippen LogP contribution in [0.2, 0.25) is 0 Å². The Bertz CT molecular complexity index is 853. The summed E-state index contributed by atoms with van der Waals surface area (Å²) in [6.45, 7) is 2.82. The number of fused-ring (bicyclic) bond motifs is 3. The van der Waals surface area contributed by atoms with Crippen molar-refractivity contribution in [3.63, 3.8) is 0 Å². The Morgan fingerprint density at radius 3 is 1.90 bits per heavy atom. The first-order valence-corrected chi connectivity index (χ1v) is 6.81. The number of amides is 2. The van der Waals surface area contributed by atoms with Crippen molar-refractivity contribution < 1.29 is 9.59 Å². The number of benzene rings is 3.